The van der Waals surface area contributed by atoms with E-state index in [0.717, 1.165) is 77.6 Å². The zero-order valence-corrected chi connectivity index (χ0v) is 37.3. The van der Waals surface area contributed by atoms with Crippen LogP contribution in [0.15, 0.2) is 97.1 Å². The Morgan fingerprint density at radius 3 is 1.52 bits per heavy atom. The maximum atomic E-state index is 13.1. The van der Waals surface area contributed by atoms with Crippen molar-refractivity contribution in [3.8, 4) is 23.0 Å². The summed E-state index contributed by atoms with van der Waals surface area (Å²) in [6.45, 7) is 10.1. The molecule has 6 heterocycles. The van der Waals surface area contributed by atoms with Gasteiger partial charge in [0.1, 0.15) is 0 Å². The quantitative estimate of drug-likeness (QED) is 0.180. The van der Waals surface area contributed by atoms with E-state index in [0.29, 0.717) is 36.1 Å². The van der Waals surface area contributed by atoms with Gasteiger partial charge in [0, 0.05) is 98.9 Å². The van der Waals surface area contributed by atoms with E-state index < -0.39 is 0 Å². The summed E-state index contributed by atoms with van der Waals surface area (Å²) in [5, 5.41) is 2.39. The zero-order chi connectivity index (χ0) is 42.7. The standard InChI is InChI=1S/C25H29N5O.C24H27N5O.ClH/c1-4-30-21-8-6-5-7-17(21)13-23(30)24-27-20-12-18(9-10-22(20)28(24)3)25(31)29-14-16(2)11-19(26)15-29;1-15-10-18(25)14-29(13-15)24(30)17-8-9-21-19(11-17)26-23(28(21)3)22-12-16-6-4-5-7-20(16)27(22)2;/h5-10,12-13,16,19H,4,11,14-15,26H2,1-3H3;4-9,11-12,15,18H,10,13-14,25H2,1-3H3;1H/t16-,19-;15-,18-;/m01./s1. The average Bonchev–Trinajstić information content (AvgIpc) is 3.99. The van der Waals surface area contributed by atoms with Gasteiger partial charge in [0.2, 0.25) is 0 Å². The number of para-hydroxylation sites is 2. The number of imidazole rings is 2. The molecule has 8 aromatic rings. The van der Waals surface area contributed by atoms with E-state index in [1.54, 1.807) is 0 Å². The molecular formula is C49H57ClN10O2. The first-order valence-corrected chi connectivity index (χ1v) is 21.5. The smallest absolute Gasteiger partial charge is 0.253 e. The molecule has 2 amide bonds. The van der Waals surface area contributed by atoms with Crippen LogP contribution in [-0.4, -0.2) is 88.1 Å². The highest BCUT2D eigenvalue weighted by Gasteiger charge is 2.29. The van der Waals surface area contributed by atoms with Crippen LogP contribution in [0.25, 0.3) is 66.9 Å². The molecule has 0 bridgehead atoms. The highest BCUT2D eigenvalue weighted by molar-refractivity contribution is 5.99. The molecular weight excluding hydrogens is 796 g/mol. The Morgan fingerprint density at radius 1 is 0.581 bits per heavy atom. The predicted molar refractivity (Wildman–Crippen MR) is 253 cm³/mol. The fourth-order valence-corrected chi connectivity index (χ4v) is 9.86. The number of hydrogen-bond acceptors (Lipinski definition) is 6. The first-order valence-electron chi connectivity index (χ1n) is 21.5. The molecule has 0 unspecified atom stereocenters. The number of halogens is 1. The molecule has 0 radical (unpaired) electrons. The highest BCUT2D eigenvalue weighted by atomic mass is 35.5. The number of rotatable bonds is 5. The fraction of sp³-hybridized carbons (Fsp3) is 0.347. The number of amides is 2. The number of piperidine rings is 2. The molecule has 2 aliphatic heterocycles. The first kappa shape index (κ1) is 42.7. The van der Waals surface area contributed by atoms with Gasteiger partial charge in [-0.25, -0.2) is 9.97 Å². The van der Waals surface area contributed by atoms with Gasteiger partial charge in [0.25, 0.3) is 11.8 Å². The van der Waals surface area contributed by atoms with Crippen molar-refractivity contribution < 1.29 is 9.59 Å². The Labute approximate surface area is 368 Å². The number of likely N-dealkylation sites (tertiary alicyclic amines) is 2. The van der Waals surface area contributed by atoms with E-state index in [-0.39, 0.29) is 36.3 Å². The van der Waals surface area contributed by atoms with Crippen LogP contribution < -0.4 is 11.5 Å². The van der Waals surface area contributed by atoms with Crippen molar-refractivity contribution in [3.05, 3.63) is 108 Å². The van der Waals surface area contributed by atoms with E-state index >= 15 is 0 Å². The van der Waals surface area contributed by atoms with Crippen molar-refractivity contribution in [2.45, 2.75) is 52.2 Å². The van der Waals surface area contributed by atoms with Gasteiger partial charge in [-0.3, -0.25) is 9.59 Å². The van der Waals surface area contributed by atoms with Crippen LogP contribution >= 0.6 is 12.4 Å². The van der Waals surface area contributed by atoms with Crippen molar-refractivity contribution in [1.82, 2.24) is 38.0 Å². The Kier molecular flexibility index (Phi) is 11.8. The van der Waals surface area contributed by atoms with Crippen molar-refractivity contribution in [2.75, 3.05) is 26.2 Å². The second-order valence-corrected chi connectivity index (χ2v) is 17.5. The summed E-state index contributed by atoms with van der Waals surface area (Å²) in [6, 6.07) is 32.8. The topological polar surface area (TPSA) is 138 Å². The summed E-state index contributed by atoms with van der Waals surface area (Å²) in [6.07, 6.45) is 1.94. The molecule has 13 heteroatoms. The lowest BCUT2D eigenvalue weighted by Gasteiger charge is -2.34. The minimum atomic E-state index is 0. The summed E-state index contributed by atoms with van der Waals surface area (Å²) in [5.74, 6) is 2.73. The molecule has 0 aliphatic carbocycles. The second kappa shape index (κ2) is 17.1. The molecule has 2 saturated heterocycles. The monoisotopic (exact) mass is 852 g/mol. The molecule has 4 aromatic carbocycles. The molecule has 322 valence electrons. The van der Waals surface area contributed by atoms with Crippen molar-refractivity contribution in [1.29, 1.82) is 0 Å². The molecule has 0 saturated carbocycles. The molecule has 62 heavy (non-hydrogen) atoms. The van der Waals surface area contributed by atoms with Gasteiger partial charge in [0.05, 0.1) is 33.5 Å². The van der Waals surface area contributed by atoms with Crippen LogP contribution in [0.4, 0.5) is 0 Å². The largest absolute Gasteiger partial charge is 0.341 e. The van der Waals surface area contributed by atoms with Crippen LogP contribution in [-0.2, 0) is 27.7 Å². The lowest BCUT2D eigenvalue weighted by atomic mass is 9.96. The van der Waals surface area contributed by atoms with Gasteiger partial charge < -0.3 is 39.5 Å². The van der Waals surface area contributed by atoms with Crippen molar-refractivity contribution in [3.63, 3.8) is 0 Å². The van der Waals surface area contributed by atoms with Gasteiger partial charge in [0.15, 0.2) is 11.6 Å². The van der Waals surface area contributed by atoms with E-state index in [4.69, 9.17) is 21.4 Å². The molecule has 2 fully saturated rings. The number of aryl methyl sites for hydroxylation is 4. The van der Waals surface area contributed by atoms with E-state index in [2.05, 4.69) is 94.6 Å². The molecule has 0 spiro atoms. The molecule has 4 N–H and O–H groups in total. The van der Waals surface area contributed by atoms with Gasteiger partial charge in [-0.05, 0) is 92.3 Å². The van der Waals surface area contributed by atoms with Crippen LogP contribution in [0.5, 0.6) is 0 Å². The lowest BCUT2D eigenvalue weighted by Crippen LogP contribution is -2.48. The average molecular weight is 854 g/mol. The normalized spacial score (nSPS) is 19.2. The minimum Gasteiger partial charge on any atom is -0.341 e. The summed E-state index contributed by atoms with van der Waals surface area (Å²) >= 11 is 0. The fourth-order valence-electron chi connectivity index (χ4n) is 9.86. The second-order valence-electron chi connectivity index (χ2n) is 17.5. The molecule has 10 rings (SSSR count). The van der Waals surface area contributed by atoms with Crippen molar-refractivity contribution in [2.24, 2.45) is 44.4 Å². The SMILES string of the molecule is CCn1c(-c2nc3cc(C(=O)N4C[C@@H](C)C[C@H](N)C4)ccc3n2C)cc2ccccc21.C[C@@H]1C[C@@H](N)CN(C(=O)c2ccc3c(c2)nc(-c2cc4ccccc4n2C)n3C)C1.Cl. The summed E-state index contributed by atoms with van der Waals surface area (Å²) in [7, 11) is 6.12. The van der Waals surface area contributed by atoms with Gasteiger partial charge in [-0.2, -0.15) is 0 Å². The zero-order valence-electron chi connectivity index (χ0n) is 36.5. The third-order valence-electron chi connectivity index (χ3n) is 12.8. The summed E-state index contributed by atoms with van der Waals surface area (Å²) in [5.41, 5.74) is 21.9. The Bertz CT molecular complexity index is 2940. The number of benzene rings is 4. The first-order chi connectivity index (χ1) is 29.4. The molecule has 12 nitrogen and oxygen atoms in total. The van der Waals surface area contributed by atoms with E-state index in [1.807, 2.05) is 72.4 Å². The molecule has 4 aromatic heterocycles. The number of nitrogens with two attached hydrogens (primary N) is 2. The van der Waals surface area contributed by atoms with E-state index in [1.165, 1.54) is 21.8 Å². The Hall–Kier alpha value is -5.95. The minimum absolute atomic E-state index is 0. The Morgan fingerprint density at radius 2 is 1.03 bits per heavy atom. The number of carbonyl (C=O) groups is 2. The lowest BCUT2D eigenvalue weighted by molar-refractivity contribution is 0.0655. The third kappa shape index (κ3) is 7.76. The summed E-state index contributed by atoms with van der Waals surface area (Å²) in [4.78, 5) is 39.9. The number of hydrogen-bond donors (Lipinski definition) is 2. The summed E-state index contributed by atoms with van der Waals surface area (Å²) < 4.78 is 8.66. The van der Waals surface area contributed by atoms with Gasteiger partial charge in [-0.1, -0.05) is 50.2 Å². The van der Waals surface area contributed by atoms with Crippen LogP contribution in [0, 0.1) is 11.8 Å². The number of nitrogens with zero attached hydrogens (tertiary/aromatic N) is 8. The maximum Gasteiger partial charge on any atom is 0.253 e. The molecule has 2 aliphatic rings. The third-order valence-corrected chi connectivity index (χ3v) is 12.8. The van der Waals surface area contributed by atoms with Gasteiger partial charge >= 0.3 is 0 Å². The predicted octanol–water partition coefficient (Wildman–Crippen LogP) is 7.99. The number of fused-ring (bicyclic) bond motifs is 4. The van der Waals surface area contributed by atoms with Crippen LogP contribution in [0.3, 0.4) is 0 Å². The number of aromatic nitrogens is 6. The van der Waals surface area contributed by atoms with Crippen LogP contribution in [0.2, 0.25) is 0 Å². The highest BCUT2D eigenvalue weighted by Crippen LogP contribution is 2.32. The Balaban J connectivity index is 0.000000168. The molecule has 4 atom stereocenters. The number of carbonyl (C=O) groups excluding carboxylic acids is 2. The van der Waals surface area contributed by atoms with Crippen molar-refractivity contribution >= 4 is 68.1 Å². The van der Waals surface area contributed by atoms with E-state index in [9.17, 15) is 9.59 Å². The van der Waals surface area contributed by atoms with Gasteiger partial charge in [-0.15, -0.1) is 12.4 Å². The van der Waals surface area contributed by atoms with Crippen LogP contribution in [0.1, 0.15) is 54.3 Å². The maximum absolute atomic E-state index is 13.1.